The third kappa shape index (κ3) is 7.59. The maximum absolute atomic E-state index is 11.0. The van der Waals surface area contributed by atoms with Crippen molar-refractivity contribution in [3.8, 4) is 11.5 Å². The molecule has 11 nitrogen and oxygen atoms in total. The van der Waals surface area contributed by atoms with E-state index in [1.54, 1.807) is 0 Å². The van der Waals surface area contributed by atoms with Crippen LogP contribution in [0.3, 0.4) is 0 Å². The van der Waals surface area contributed by atoms with Gasteiger partial charge in [-0.2, -0.15) is 0 Å². The second kappa shape index (κ2) is 11.9. The summed E-state index contributed by atoms with van der Waals surface area (Å²) in [6.45, 7) is 2.31. The first-order valence-corrected chi connectivity index (χ1v) is 9.40. The van der Waals surface area contributed by atoms with Gasteiger partial charge in [-0.15, -0.1) is 9.05 Å². The van der Waals surface area contributed by atoms with Crippen LogP contribution in [0.5, 0.6) is 11.5 Å². The van der Waals surface area contributed by atoms with Crippen LogP contribution < -0.4 is 10.1 Å². The fourth-order valence-electron chi connectivity index (χ4n) is 1.96. The van der Waals surface area contributed by atoms with E-state index in [9.17, 15) is 24.8 Å². The molecule has 29 heavy (non-hydrogen) atoms. The van der Waals surface area contributed by atoms with E-state index in [-0.39, 0.29) is 22.1 Å². The van der Waals surface area contributed by atoms with Crippen molar-refractivity contribution in [3.05, 3.63) is 61.6 Å². The molecular weight excluding hydrogens is 429 g/mol. The SMILES string of the molecule is CCNc1cc(Oc2ccc([N+](=O)[O-])cc2Cl)ccc1[N+](=O)[O-].CO[P+](=O)OC. The summed E-state index contributed by atoms with van der Waals surface area (Å²) in [7, 11) is 0.817. The smallest absolute Gasteiger partial charge is 0.456 e. The number of nitrogens with zero attached hydrogens (tertiary/aromatic N) is 2. The molecule has 0 bridgehead atoms. The van der Waals surface area contributed by atoms with Gasteiger partial charge in [-0.25, -0.2) is 0 Å². The number of benzene rings is 2. The van der Waals surface area contributed by atoms with Crippen LogP contribution in [0.15, 0.2) is 36.4 Å². The molecular formula is C16H18ClN3O8P+. The fraction of sp³-hybridized carbons (Fsp3) is 0.250. The van der Waals surface area contributed by atoms with Crippen molar-refractivity contribution in [1.29, 1.82) is 0 Å². The first kappa shape index (κ1) is 24.2. The zero-order chi connectivity index (χ0) is 22.0. The van der Waals surface area contributed by atoms with Crippen molar-refractivity contribution in [2.24, 2.45) is 0 Å². The molecule has 0 aliphatic carbocycles. The molecule has 0 spiro atoms. The molecule has 0 saturated heterocycles. The highest BCUT2D eigenvalue weighted by Crippen LogP contribution is 2.35. The average Bonchev–Trinajstić information content (AvgIpc) is 2.69. The summed E-state index contributed by atoms with van der Waals surface area (Å²) in [5.74, 6) is 0.538. The Balaban J connectivity index is 0.000000612. The molecule has 0 aliphatic heterocycles. The van der Waals surface area contributed by atoms with E-state index in [4.69, 9.17) is 16.3 Å². The van der Waals surface area contributed by atoms with Crippen LogP contribution in [0.25, 0.3) is 0 Å². The van der Waals surface area contributed by atoms with Crippen LogP contribution >= 0.6 is 19.9 Å². The minimum absolute atomic E-state index is 0.0718. The highest BCUT2D eigenvalue weighted by atomic mass is 35.5. The standard InChI is InChI=1S/C14H12ClN3O5.C2H6O3P/c1-2-16-12-8-10(4-5-13(12)18(21)22)23-14-6-3-9(17(19)20)7-11(14)15;1-4-6(3)5-2/h3-8,16H,2H2,1H3;1-2H3/q;+1. The van der Waals surface area contributed by atoms with Gasteiger partial charge >= 0.3 is 8.25 Å². The van der Waals surface area contributed by atoms with Crippen molar-refractivity contribution >= 4 is 36.9 Å². The van der Waals surface area contributed by atoms with E-state index in [2.05, 4.69) is 14.4 Å². The number of non-ortho nitro benzene ring substituents is 1. The molecule has 0 amide bonds. The van der Waals surface area contributed by atoms with Crippen LogP contribution in [-0.4, -0.2) is 30.6 Å². The maximum atomic E-state index is 11.0. The predicted octanol–water partition coefficient (Wildman–Crippen LogP) is 5.32. The number of halogens is 1. The van der Waals surface area contributed by atoms with Gasteiger partial charge in [-0.1, -0.05) is 11.6 Å². The van der Waals surface area contributed by atoms with Gasteiger partial charge in [0.2, 0.25) is 0 Å². The van der Waals surface area contributed by atoms with Crippen LogP contribution in [0, 0.1) is 20.2 Å². The molecule has 0 radical (unpaired) electrons. The molecule has 2 rings (SSSR count). The van der Waals surface area contributed by atoms with E-state index in [0.29, 0.717) is 18.0 Å². The molecule has 2 aromatic carbocycles. The van der Waals surface area contributed by atoms with Crippen molar-refractivity contribution in [2.75, 3.05) is 26.1 Å². The number of nitro benzene ring substituents is 2. The van der Waals surface area contributed by atoms with E-state index >= 15 is 0 Å². The summed E-state index contributed by atoms with van der Waals surface area (Å²) in [6.07, 6.45) is 0. The molecule has 0 unspecified atom stereocenters. The monoisotopic (exact) mass is 446 g/mol. The van der Waals surface area contributed by atoms with Crippen molar-refractivity contribution < 1.29 is 28.2 Å². The average molecular weight is 447 g/mol. The van der Waals surface area contributed by atoms with Crippen LogP contribution in [-0.2, 0) is 13.6 Å². The number of hydrogen-bond donors (Lipinski definition) is 1. The zero-order valence-corrected chi connectivity index (χ0v) is 17.3. The summed E-state index contributed by atoms with van der Waals surface area (Å²) < 4.78 is 23.8. The Bertz CT molecular complexity index is 890. The van der Waals surface area contributed by atoms with Crippen molar-refractivity contribution in [3.63, 3.8) is 0 Å². The largest absolute Gasteiger partial charge is 0.696 e. The lowest BCUT2D eigenvalue weighted by molar-refractivity contribution is -0.384. The Kier molecular flexibility index (Phi) is 9.90. The quantitative estimate of drug-likeness (QED) is 0.323. The predicted molar refractivity (Wildman–Crippen MR) is 107 cm³/mol. The molecule has 0 fully saturated rings. The minimum atomic E-state index is -1.83. The number of nitrogens with one attached hydrogen (secondary N) is 1. The number of anilines is 1. The third-order valence-corrected chi connectivity index (χ3v) is 4.08. The third-order valence-electron chi connectivity index (χ3n) is 3.18. The number of ether oxygens (including phenoxy) is 1. The molecule has 0 aliphatic rings. The number of rotatable bonds is 8. The lowest BCUT2D eigenvalue weighted by Gasteiger charge is -2.10. The lowest BCUT2D eigenvalue weighted by Crippen LogP contribution is -2.01. The molecule has 0 atom stereocenters. The molecule has 13 heteroatoms. The van der Waals surface area contributed by atoms with Gasteiger partial charge in [0.15, 0.2) is 0 Å². The van der Waals surface area contributed by atoms with Gasteiger partial charge in [-0.3, -0.25) is 20.2 Å². The van der Waals surface area contributed by atoms with E-state index in [1.807, 2.05) is 6.92 Å². The van der Waals surface area contributed by atoms with Gasteiger partial charge < -0.3 is 10.1 Å². The Morgan fingerprint density at radius 3 is 2.17 bits per heavy atom. The second-order valence-electron chi connectivity index (χ2n) is 5.03. The molecule has 1 N–H and O–H groups in total. The summed E-state index contributed by atoms with van der Waals surface area (Å²) in [5.41, 5.74) is 0.0846. The van der Waals surface area contributed by atoms with Crippen LogP contribution in [0.2, 0.25) is 5.02 Å². The number of nitro groups is 2. The first-order chi connectivity index (χ1) is 13.7. The van der Waals surface area contributed by atoms with Crippen molar-refractivity contribution in [1.82, 2.24) is 0 Å². The number of hydrogen-bond acceptors (Lipinski definition) is 9. The molecule has 0 heterocycles. The first-order valence-electron chi connectivity index (χ1n) is 7.93. The Morgan fingerprint density at radius 2 is 1.72 bits per heavy atom. The van der Waals surface area contributed by atoms with E-state index in [1.165, 1.54) is 50.6 Å². The van der Waals surface area contributed by atoms with Gasteiger partial charge in [0.05, 0.1) is 29.1 Å². The summed E-state index contributed by atoms with van der Waals surface area (Å²) >= 11 is 5.95. The summed E-state index contributed by atoms with van der Waals surface area (Å²) in [4.78, 5) is 20.6. The maximum Gasteiger partial charge on any atom is 0.696 e. The van der Waals surface area contributed by atoms with Gasteiger partial charge in [0, 0.05) is 35.4 Å². The highest BCUT2D eigenvalue weighted by Gasteiger charge is 2.16. The Morgan fingerprint density at radius 1 is 1.07 bits per heavy atom. The Hall–Kier alpha value is -2.85. The molecule has 156 valence electrons. The van der Waals surface area contributed by atoms with E-state index < -0.39 is 18.1 Å². The van der Waals surface area contributed by atoms with Crippen molar-refractivity contribution in [2.45, 2.75) is 6.92 Å². The Labute approximate surface area is 171 Å². The van der Waals surface area contributed by atoms with Crippen LogP contribution in [0.1, 0.15) is 6.92 Å². The minimum Gasteiger partial charge on any atom is -0.456 e. The fourth-order valence-corrected chi connectivity index (χ4v) is 2.32. The summed E-state index contributed by atoms with van der Waals surface area (Å²) in [6, 6.07) is 8.02. The summed E-state index contributed by atoms with van der Waals surface area (Å²) in [5, 5.41) is 24.6. The molecule has 0 aromatic heterocycles. The van der Waals surface area contributed by atoms with Gasteiger partial charge in [0.25, 0.3) is 11.4 Å². The van der Waals surface area contributed by atoms with Crippen LogP contribution in [0.4, 0.5) is 17.1 Å². The lowest BCUT2D eigenvalue weighted by atomic mass is 10.2. The van der Waals surface area contributed by atoms with Gasteiger partial charge in [0.1, 0.15) is 17.2 Å². The topological polar surface area (TPSA) is 143 Å². The van der Waals surface area contributed by atoms with E-state index in [0.717, 1.165) is 0 Å². The zero-order valence-electron chi connectivity index (χ0n) is 15.7. The molecule has 0 saturated carbocycles. The highest BCUT2D eigenvalue weighted by molar-refractivity contribution is 7.33. The molecule has 2 aromatic rings. The second-order valence-corrected chi connectivity index (χ2v) is 6.61. The normalized spacial score (nSPS) is 9.79. The van der Waals surface area contributed by atoms with Gasteiger partial charge in [-0.05, 0) is 19.1 Å².